The molecule has 5 rings (SSSR count). The summed E-state index contributed by atoms with van der Waals surface area (Å²) in [5.41, 5.74) is 4.09. The summed E-state index contributed by atoms with van der Waals surface area (Å²) >= 11 is 0. The van der Waals surface area contributed by atoms with Crippen molar-refractivity contribution in [1.82, 2.24) is 14.5 Å². The Morgan fingerprint density at radius 2 is 1.93 bits per heavy atom. The Bertz CT molecular complexity index is 1370. The zero-order valence-corrected chi connectivity index (χ0v) is 15.9. The van der Waals surface area contributed by atoms with Gasteiger partial charge in [-0.15, -0.1) is 0 Å². The summed E-state index contributed by atoms with van der Waals surface area (Å²) in [6, 6.07) is 17.1. The first-order valence-electron chi connectivity index (χ1n) is 9.50. The van der Waals surface area contributed by atoms with E-state index < -0.39 is 11.8 Å². The van der Waals surface area contributed by atoms with Gasteiger partial charge in [-0.2, -0.15) is 0 Å². The lowest BCUT2D eigenvalue weighted by Gasteiger charge is -2.10. The van der Waals surface area contributed by atoms with Gasteiger partial charge in [0.05, 0.1) is 11.2 Å². The highest BCUT2D eigenvalue weighted by molar-refractivity contribution is 6.05. The molecule has 0 aliphatic heterocycles. The molecule has 5 aromatic rings. The number of aromatic nitrogens is 3. The van der Waals surface area contributed by atoms with E-state index in [0.717, 1.165) is 27.5 Å². The molecule has 3 N–H and O–H groups in total. The summed E-state index contributed by atoms with van der Waals surface area (Å²) in [5, 5.41) is 7.52. The Hall–Kier alpha value is -4.13. The van der Waals surface area contributed by atoms with Gasteiger partial charge in [0.1, 0.15) is 11.5 Å². The van der Waals surface area contributed by atoms with Crippen LogP contribution in [0.2, 0.25) is 0 Å². The van der Waals surface area contributed by atoms with Gasteiger partial charge in [-0.1, -0.05) is 12.1 Å². The molecule has 0 unspecified atom stereocenters. The van der Waals surface area contributed by atoms with Gasteiger partial charge < -0.3 is 20.2 Å². The summed E-state index contributed by atoms with van der Waals surface area (Å²) in [6.45, 7) is 0.680. The molecule has 7 heteroatoms. The van der Waals surface area contributed by atoms with E-state index in [4.69, 9.17) is 0 Å². The summed E-state index contributed by atoms with van der Waals surface area (Å²) in [7, 11) is 0. The van der Waals surface area contributed by atoms with Crippen LogP contribution in [0.15, 0.2) is 79.3 Å². The number of hydrogen-bond acceptors (Lipinski definition) is 2. The normalized spacial score (nSPS) is 11.1. The lowest BCUT2D eigenvalue weighted by Crippen LogP contribution is -2.19. The van der Waals surface area contributed by atoms with Crippen molar-refractivity contribution in [1.29, 1.82) is 0 Å². The lowest BCUT2D eigenvalue weighted by molar-refractivity contribution is 0.262. The smallest absolute Gasteiger partial charge is 0.323 e. The van der Waals surface area contributed by atoms with Crippen LogP contribution in [0.4, 0.5) is 20.6 Å². The highest BCUT2D eigenvalue weighted by Crippen LogP contribution is 2.26. The molecule has 30 heavy (non-hydrogen) atoms. The minimum absolute atomic E-state index is 0.394. The Morgan fingerprint density at radius 3 is 2.83 bits per heavy atom. The van der Waals surface area contributed by atoms with Gasteiger partial charge >= 0.3 is 6.03 Å². The molecule has 2 aromatic carbocycles. The summed E-state index contributed by atoms with van der Waals surface area (Å²) < 4.78 is 15.5. The largest absolute Gasteiger partial charge is 0.346 e. The number of halogens is 1. The number of urea groups is 1. The Morgan fingerprint density at radius 1 is 1.03 bits per heavy atom. The van der Waals surface area contributed by atoms with Crippen LogP contribution in [-0.2, 0) is 6.54 Å². The zero-order valence-electron chi connectivity index (χ0n) is 15.9. The van der Waals surface area contributed by atoms with E-state index in [1.54, 1.807) is 18.3 Å². The second-order valence-corrected chi connectivity index (χ2v) is 6.98. The third kappa shape index (κ3) is 3.37. The van der Waals surface area contributed by atoms with Crippen LogP contribution >= 0.6 is 0 Å². The Balaban J connectivity index is 1.41. The van der Waals surface area contributed by atoms with E-state index in [1.807, 2.05) is 48.8 Å². The monoisotopic (exact) mass is 399 g/mol. The van der Waals surface area contributed by atoms with Crippen LogP contribution in [-0.4, -0.2) is 20.6 Å². The van der Waals surface area contributed by atoms with Gasteiger partial charge in [0, 0.05) is 41.6 Å². The number of amides is 2. The van der Waals surface area contributed by atoms with E-state index in [2.05, 4.69) is 25.2 Å². The number of anilines is 2. The summed E-state index contributed by atoms with van der Waals surface area (Å²) in [4.78, 5) is 19.9. The second kappa shape index (κ2) is 7.36. The predicted molar refractivity (Wildman–Crippen MR) is 116 cm³/mol. The number of aromatic amines is 1. The van der Waals surface area contributed by atoms with Crippen molar-refractivity contribution in [3.8, 4) is 0 Å². The number of carbonyl (C=O) groups is 1. The number of carbonyl (C=O) groups excluding carboxylic acids is 1. The van der Waals surface area contributed by atoms with Crippen LogP contribution in [0.3, 0.4) is 0 Å². The van der Waals surface area contributed by atoms with E-state index >= 15 is 0 Å². The number of nitrogens with one attached hydrogen (secondary N) is 3. The van der Waals surface area contributed by atoms with Crippen molar-refractivity contribution in [2.45, 2.75) is 6.54 Å². The standard InChI is InChI=1S/C23H18FN5O/c24-16-3-1-4-17(13-16)27-23(30)28-20-5-2-6-21-19(20)9-12-29(21)14-15-7-10-25-22-18(15)8-11-26-22/h1-13H,14H2,(H,25,26)(H2,27,28,30). The molecule has 0 spiro atoms. The average Bonchev–Trinajstić information content (AvgIpc) is 3.36. The van der Waals surface area contributed by atoms with Crippen molar-refractivity contribution in [2.24, 2.45) is 0 Å². The molecule has 0 radical (unpaired) electrons. The topological polar surface area (TPSA) is 74.7 Å². The van der Waals surface area contributed by atoms with Crippen LogP contribution < -0.4 is 10.6 Å². The van der Waals surface area contributed by atoms with Gasteiger partial charge in [-0.25, -0.2) is 14.2 Å². The van der Waals surface area contributed by atoms with Crippen LogP contribution in [0, 0.1) is 5.82 Å². The van der Waals surface area contributed by atoms with Gasteiger partial charge in [-0.05, 0) is 54.1 Å². The van der Waals surface area contributed by atoms with Crippen LogP contribution in [0.25, 0.3) is 21.9 Å². The Kier molecular flexibility index (Phi) is 4.40. The fourth-order valence-corrected chi connectivity index (χ4v) is 3.66. The second-order valence-electron chi connectivity index (χ2n) is 6.98. The van der Waals surface area contributed by atoms with Gasteiger partial charge in [-0.3, -0.25) is 0 Å². The number of benzene rings is 2. The van der Waals surface area contributed by atoms with Crippen LogP contribution in [0.1, 0.15) is 5.56 Å². The maximum absolute atomic E-state index is 13.3. The highest BCUT2D eigenvalue weighted by atomic mass is 19.1. The summed E-state index contributed by atoms with van der Waals surface area (Å²) in [6.07, 6.45) is 5.68. The number of pyridine rings is 1. The zero-order chi connectivity index (χ0) is 20.5. The number of H-pyrrole nitrogens is 1. The minimum Gasteiger partial charge on any atom is -0.346 e. The maximum Gasteiger partial charge on any atom is 0.323 e. The fourth-order valence-electron chi connectivity index (χ4n) is 3.66. The maximum atomic E-state index is 13.3. The van der Waals surface area contributed by atoms with Crippen molar-refractivity contribution in [2.75, 3.05) is 10.6 Å². The predicted octanol–water partition coefficient (Wildman–Crippen LogP) is 5.35. The average molecular weight is 399 g/mol. The van der Waals surface area contributed by atoms with Gasteiger partial charge in [0.15, 0.2) is 0 Å². The molecule has 0 aliphatic rings. The van der Waals surface area contributed by atoms with E-state index in [0.29, 0.717) is 17.9 Å². The third-order valence-corrected chi connectivity index (χ3v) is 5.04. The van der Waals surface area contributed by atoms with Crippen molar-refractivity contribution < 1.29 is 9.18 Å². The summed E-state index contributed by atoms with van der Waals surface area (Å²) in [5.74, 6) is -0.403. The molecule has 3 heterocycles. The Labute approximate surface area is 171 Å². The van der Waals surface area contributed by atoms with Crippen molar-refractivity contribution >= 4 is 39.3 Å². The molecule has 3 aromatic heterocycles. The molecule has 0 atom stereocenters. The molecule has 2 amide bonds. The molecule has 148 valence electrons. The van der Waals surface area contributed by atoms with Crippen LogP contribution in [0.5, 0.6) is 0 Å². The number of nitrogens with zero attached hydrogens (tertiary/aromatic N) is 2. The van der Waals surface area contributed by atoms with Gasteiger partial charge in [0.25, 0.3) is 0 Å². The minimum atomic E-state index is -0.427. The molecule has 6 nitrogen and oxygen atoms in total. The molecule has 0 aliphatic carbocycles. The third-order valence-electron chi connectivity index (χ3n) is 5.04. The molecular weight excluding hydrogens is 381 g/mol. The molecule has 0 saturated heterocycles. The highest BCUT2D eigenvalue weighted by Gasteiger charge is 2.11. The van der Waals surface area contributed by atoms with E-state index in [9.17, 15) is 9.18 Å². The quantitative estimate of drug-likeness (QED) is 0.381. The first kappa shape index (κ1) is 17.9. The lowest BCUT2D eigenvalue weighted by atomic mass is 10.2. The van der Waals surface area contributed by atoms with Crippen molar-refractivity contribution in [3.63, 3.8) is 0 Å². The number of hydrogen-bond donors (Lipinski definition) is 3. The molecule has 0 saturated carbocycles. The van der Waals surface area contributed by atoms with Crippen molar-refractivity contribution in [3.05, 3.63) is 90.6 Å². The van der Waals surface area contributed by atoms with Gasteiger partial charge in [0.2, 0.25) is 0 Å². The molecule has 0 bridgehead atoms. The SMILES string of the molecule is O=C(Nc1cccc(F)c1)Nc1cccc2c1ccn2Cc1ccnc2[nH]ccc12. The number of rotatable bonds is 4. The van der Waals surface area contributed by atoms with E-state index in [-0.39, 0.29) is 0 Å². The first-order chi connectivity index (χ1) is 14.7. The fraction of sp³-hybridized carbons (Fsp3) is 0.0435. The van der Waals surface area contributed by atoms with E-state index in [1.165, 1.54) is 12.1 Å². The molecule has 0 fully saturated rings. The first-order valence-corrected chi connectivity index (χ1v) is 9.50. The number of fused-ring (bicyclic) bond motifs is 2. The molecular formula is C23H18FN5O.